The minimum Gasteiger partial charge on any atom is -0.376 e. The van der Waals surface area contributed by atoms with E-state index in [2.05, 4.69) is 32.4 Å². The molecule has 130 valence electrons. The Bertz CT molecular complexity index is 643. The third-order valence-corrected chi connectivity index (χ3v) is 5.20. The first-order valence-electron chi connectivity index (χ1n) is 8.41. The van der Waals surface area contributed by atoms with Crippen molar-refractivity contribution in [2.75, 3.05) is 13.2 Å². The van der Waals surface area contributed by atoms with Gasteiger partial charge in [-0.1, -0.05) is 19.8 Å². The second-order valence-corrected chi connectivity index (χ2v) is 7.03. The number of amides is 1. The lowest BCUT2D eigenvalue weighted by Gasteiger charge is -2.28. The van der Waals surface area contributed by atoms with E-state index < -0.39 is 0 Å². The van der Waals surface area contributed by atoms with Crippen LogP contribution in [0.3, 0.4) is 0 Å². The molecule has 2 N–H and O–H groups in total. The maximum Gasteiger partial charge on any atom is 0.226 e. The van der Waals surface area contributed by atoms with Crippen LogP contribution in [-0.2, 0) is 16.0 Å². The summed E-state index contributed by atoms with van der Waals surface area (Å²) in [5, 5.41) is 12.1. The first kappa shape index (κ1) is 17.0. The normalized spacial score (nSPS) is 20.9. The maximum absolute atomic E-state index is 12.0. The average molecular weight is 349 g/mol. The summed E-state index contributed by atoms with van der Waals surface area (Å²) in [6.45, 7) is 3.36. The number of thiazole rings is 1. The van der Waals surface area contributed by atoms with E-state index in [4.69, 9.17) is 4.74 Å². The van der Waals surface area contributed by atoms with E-state index in [0.29, 0.717) is 31.0 Å². The molecule has 0 bridgehead atoms. The number of carbonyl (C=O) groups is 1. The van der Waals surface area contributed by atoms with Crippen molar-refractivity contribution in [2.45, 2.75) is 45.1 Å². The van der Waals surface area contributed by atoms with Gasteiger partial charge in [-0.2, -0.15) is 5.10 Å². The molecule has 1 amide bonds. The highest BCUT2D eigenvalue weighted by molar-refractivity contribution is 7.13. The Balaban J connectivity index is 1.37. The third kappa shape index (κ3) is 4.61. The summed E-state index contributed by atoms with van der Waals surface area (Å²) in [7, 11) is 0. The van der Waals surface area contributed by atoms with Crippen molar-refractivity contribution in [3.8, 4) is 10.8 Å². The number of ether oxygens (including phenoxy) is 1. The highest BCUT2D eigenvalue weighted by Crippen LogP contribution is 2.26. The highest BCUT2D eigenvalue weighted by Gasteiger charge is 2.21. The molecule has 1 aliphatic carbocycles. The molecule has 2 atom stereocenters. The van der Waals surface area contributed by atoms with Gasteiger partial charge in [0.05, 0.1) is 24.8 Å². The number of rotatable bonds is 7. The number of aromatic nitrogens is 4. The van der Waals surface area contributed by atoms with Crippen LogP contribution in [0.15, 0.2) is 11.7 Å². The summed E-state index contributed by atoms with van der Waals surface area (Å²) >= 11 is 1.45. The standard InChI is InChI=1S/C16H23N5O2S/c1-11-4-2-3-5-13(11)23-7-6-17-14(22)8-12-9-24-16(20-12)15-18-10-19-21-15/h9-11,13H,2-8H2,1H3,(H,17,22)(H,18,19,21)/t11-,13+/m1/s1. The molecule has 7 nitrogen and oxygen atoms in total. The molecule has 0 spiro atoms. The van der Waals surface area contributed by atoms with E-state index in [1.807, 2.05) is 5.38 Å². The minimum atomic E-state index is -0.0373. The minimum absolute atomic E-state index is 0.0373. The number of aromatic amines is 1. The maximum atomic E-state index is 12.0. The second-order valence-electron chi connectivity index (χ2n) is 6.18. The summed E-state index contributed by atoms with van der Waals surface area (Å²) < 4.78 is 5.90. The van der Waals surface area contributed by atoms with E-state index in [0.717, 1.165) is 17.1 Å². The van der Waals surface area contributed by atoms with Gasteiger partial charge in [0.1, 0.15) is 6.33 Å². The fourth-order valence-corrected chi connectivity index (χ4v) is 3.73. The van der Waals surface area contributed by atoms with Crippen LogP contribution < -0.4 is 5.32 Å². The van der Waals surface area contributed by atoms with Crippen molar-refractivity contribution in [1.82, 2.24) is 25.5 Å². The molecule has 0 radical (unpaired) electrons. The lowest BCUT2D eigenvalue weighted by Crippen LogP contribution is -2.32. The van der Waals surface area contributed by atoms with Crippen LogP contribution in [0.5, 0.6) is 0 Å². The molecule has 3 rings (SSSR count). The Morgan fingerprint density at radius 3 is 3.12 bits per heavy atom. The molecule has 1 fully saturated rings. The highest BCUT2D eigenvalue weighted by atomic mass is 32.1. The van der Waals surface area contributed by atoms with E-state index in [1.165, 1.54) is 36.9 Å². The SMILES string of the molecule is C[C@@H]1CCCC[C@@H]1OCCNC(=O)Cc1csc(-c2ncn[nH]2)n1. The van der Waals surface area contributed by atoms with Crippen LogP contribution in [0.1, 0.15) is 38.3 Å². The zero-order chi connectivity index (χ0) is 16.8. The monoisotopic (exact) mass is 349 g/mol. The van der Waals surface area contributed by atoms with Gasteiger partial charge in [-0.25, -0.2) is 9.97 Å². The van der Waals surface area contributed by atoms with Gasteiger partial charge in [0.15, 0.2) is 10.8 Å². The predicted molar refractivity (Wildman–Crippen MR) is 91.6 cm³/mol. The van der Waals surface area contributed by atoms with Crippen LogP contribution in [0.4, 0.5) is 0 Å². The number of hydrogen-bond acceptors (Lipinski definition) is 6. The Morgan fingerprint density at radius 2 is 2.33 bits per heavy atom. The molecule has 8 heteroatoms. The van der Waals surface area contributed by atoms with E-state index in [9.17, 15) is 4.79 Å². The van der Waals surface area contributed by atoms with Crippen molar-refractivity contribution >= 4 is 17.2 Å². The van der Waals surface area contributed by atoms with E-state index >= 15 is 0 Å². The topological polar surface area (TPSA) is 92.8 Å². The summed E-state index contributed by atoms with van der Waals surface area (Å²) in [6, 6.07) is 0. The zero-order valence-corrected chi connectivity index (χ0v) is 14.6. The first-order valence-corrected chi connectivity index (χ1v) is 9.29. The summed E-state index contributed by atoms with van der Waals surface area (Å²) in [4.78, 5) is 20.4. The van der Waals surface area contributed by atoms with Crippen LogP contribution in [-0.4, -0.2) is 45.3 Å². The van der Waals surface area contributed by atoms with Crippen molar-refractivity contribution in [3.05, 3.63) is 17.4 Å². The van der Waals surface area contributed by atoms with Gasteiger partial charge in [-0.05, 0) is 18.8 Å². The van der Waals surface area contributed by atoms with Gasteiger partial charge in [-0.15, -0.1) is 11.3 Å². The van der Waals surface area contributed by atoms with Gasteiger partial charge in [-0.3, -0.25) is 9.89 Å². The fourth-order valence-electron chi connectivity index (χ4n) is 2.96. The quantitative estimate of drug-likeness (QED) is 0.748. The molecule has 0 unspecified atom stereocenters. The molecule has 2 aromatic heterocycles. The predicted octanol–water partition coefficient (Wildman–Crippen LogP) is 2.18. The van der Waals surface area contributed by atoms with Crippen LogP contribution in [0.2, 0.25) is 0 Å². The van der Waals surface area contributed by atoms with Crippen molar-refractivity contribution < 1.29 is 9.53 Å². The summed E-state index contributed by atoms with van der Waals surface area (Å²) in [6.07, 6.45) is 6.99. The van der Waals surface area contributed by atoms with Crippen LogP contribution in [0, 0.1) is 5.92 Å². The zero-order valence-electron chi connectivity index (χ0n) is 13.8. The average Bonchev–Trinajstić information content (AvgIpc) is 3.24. The van der Waals surface area contributed by atoms with Crippen molar-refractivity contribution in [2.24, 2.45) is 5.92 Å². The van der Waals surface area contributed by atoms with Crippen LogP contribution >= 0.6 is 11.3 Å². The smallest absolute Gasteiger partial charge is 0.226 e. The van der Waals surface area contributed by atoms with Crippen molar-refractivity contribution in [1.29, 1.82) is 0 Å². The molecule has 24 heavy (non-hydrogen) atoms. The Kier molecular flexibility index (Phi) is 5.92. The number of nitrogens with one attached hydrogen (secondary N) is 2. The molecular formula is C16H23N5O2S. The molecule has 1 saturated carbocycles. The molecule has 0 saturated heterocycles. The van der Waals surface area contributed by atoms with Crippen molar-refractivity contribution in [3.63, 3.8) is 0 Å². The molecule has 0 aromatic carbocycles. The van der Waals surface area contributed by atoms with E-state index in [1.54, 1.807) is 0 Å². The molecule has 1 aliphatic rings. The van der Waals surface area contributed by atoms with Gasteiger partial charge in [0.25, 0.3) is 0 Å². The van der Waals surface area contributed by atoms with Gasteiger partial charge >= 0.3 is 0 Å². The molecule has 0 aliphatic heterocycles. The molecule has 2 heterocycles. The number of H-pyrrole nitrogens is 1. The molecular weight excluding hydrogens is 326 g/mol. The van der Waals surface area contributed by atoms with E-state index in [-0.39, 0.29) is 12.3 Å². The summed E-state index contributed by atoms with van der Waals surface area (Å²) in [5.74, 6) is 1.21. The number of nitrogens with zero attached hydrogens (tertiary/aromatic N) is 3. The Labute approximate surface area is 145 Å². The Hall–Kier alpha value is -1.80. The lowest BCUT2D eigenvalue weighted by atomic mass is 9.88. The first-order chi connectivity index (χ1) is 11.7. The third-order valence-electron chi connectivity index (χ3n) is 4.30. The van der Waals surface area contributed by atoms with Gasteiger partial charge in [0.2, 0.25) is 5.91 Å². The number of carbonyl (C=O) groups excluding carboxylic acids is 1. The molecule has 2 aromatic rings. The number of hydrogen-bond donors (Lipinski definition) is 2. The van der Waals surface area contributed by atoms with Gasteiger partial charge in [0, 0.05) is 11.9 Å². The Morgan fingerprint density at radius 1 is 1.46 bits per heavy atom. The summed E-state index contributed by atoms with van der Waals surface area (Å²) in [5.41, 5.74) is 0.741. The fraction of sp³-hybridized carbons (Fsp3) is 0.625. The van der Waals surface area contributed by atoms with Crippen LogP contribution in [0.25, 0.3) is 10.8 Å². The lowest BCUT2D eigenvalue weighted by molar-refractivity contribution is -0.121. The second kappa shape index (κ2) is 8.34. The van der Waals surface area contributed by atoms with Gasteiger partial charge < -0.3 is 10.1 Å². The largest absolute Gasteiger partial charge is 0.376 e.